The molecule has 0 aliphatic rings. The summed E-state index contributed by atoms with van der Waals surface area (Å²) in [5.74, 6) is 0.994. The molecule has 0 spiro atoms. The van der Waals surface area contributed by atoms with Crippen LogP contribution in [-0.2, 0) is 0 Å². The van der Waals surface area contributed by atoms with Crippen LogP contribution in [0.4, 0.5) is 9.59 Å². The molecule has 0 aromatic heterocycles. The van der Waals surface area contributed by atoms with Gasteiger partial charge in [0.25, 0.3) is 0 Å². The van der Waals surface area contributed by atoms with E-state index in [0.717, 1.165) is 12.2 Å². The fraction of sp³-hybridized carbons (Fsp3) is 0.800. The Bertz CT molecular complexity index is 228. The number of rotatable bonds is 9. The van der Waals surface area contributed by atoms with Crippen molar-refractivity contribution in [2.75, 3.05) is 5.75 Å². The van der Waals surface area contributed by atoms with E-state index < -0.39 is 12.1 Å². The maximum absolute atomic E-state index is 10.9. The number of hydrogen-bond acceptors (Lipinski definition) is 4. The number of hydrogen-bond donors (Lipinski definition) is 3. The molecule has 0 radical (unpaired) electrons. The van der Waals surface area contributed by atoms with Crippen molar-refractivity contribution in [3.05, 3.63) is 0 Å². The first-order chi connectivity index (χ1) is 8.16. The Morgan fingerprint density at radius 3 is 2.41 bits per heavy atom. The number of nitrogens with two attached hydrogens (primary N) is 1. The van der Waals surface area contributed by atoms with Crippen LogP contribution in [-0.4, -0.2) is 17.8 Å². The normalized spacial score (nSPS) is 9.94. The van der Waals surface area contributed by atoms with Crippen molar-refractivity contribution in [3.8, 4) is 0 Å². The van der Waals surface area contributed by atoms with Gasteiger partial charge in [0.15, 0.2) is 0 Å². The SMILES string of the molecule is CCCCCCCCSSNC(=O)NC(N)=O. The van der Waals surface area contributed by atoms with Crippen LogP contribution in [0.1, 0.15) is 45.4 Å². The zero-order chi connectivity index (χ0) is 12.9. The first kappa shape index (κ1) is 16.4. The largest absolute Gasteiger partial charge is 0.351 e. The third kappa shape index (κ3) is 13.4. The third-order valence-electron chi connectivity index (χ3n) is 2.01. The van der Waals surface area contributed by atoms with Crippen LogP contribution >= 0.6 is 21.8 Å². The number of primary amides is 1. The van der Waals surface area contributed by atoms with Gasteiger partial charge in [-0.1, -0.05) is 49.8 Å². The van der Waals surface area contributed by atoms with Gasteiger partial charge < -0.3 is 5.73 Å². The highest BCUT2D eigenvalue weighted by atomic mass is 33.1. The van der Waals surface area contributed by atoms with E-state index in [2.05, 4.69) is 11.6 Å². The van der Waals surface area contributed by atoms with Gasteiger partial charge in [-0.3, -0.25) is 10.0 Å². The second-order valence-corrected chi connectivity index (χ2v) is 5.82. The van der Waals surface area contributed by atoms with Crippen molar-refractivity contribution in [2.45, 2.75) is 45.4 Å². The molecular formula is C10H21N3O2S2. The molecule has 0 atom stereocenters. The van der Waals surface area contributed by atoms with Gasteiger partial charge in [0, 0.05) is 16.7 Å². The van der Waals surface area contributed by atoms with Crippen LogP contribution in [0.15, 0.2) is 0 Å². The zero-order valence-corrected chi connectivity index (χ0v) is 11.8. The van der Waals surface area contributed by atoms with E-state index in [9.17, 15) is 9.59 Å². The zero-order valence-electron chi connectivity index (χ0n) is 10.2. The topological polar surface area (TPSA) is 84.2 Å². The maximum Gasteiger partial charge on any atom is 0.333 e. The minimum atomic E-state index is -0.843. The van der Waals surface area contributed by atoms with Crippen molar-refractivity contribution >= 4 is 33.8 Å². The second kappa shape index (κ2) is 11.9. The van der Waals surface area contributed by atoms with E-state index in [1.54, 1.807) is 10.8 Å². The molecule has 17 heavy (non-hydrogen) atoms. The monoisotopic (exact) mass is 279 g/mol. The Morgan fingerprint density at radius 1 is 1.12 bits per heavy atom. The van der Waals surface area contributed by atoms with Crippen molar-refractivity contribution in [2.24, 2.45) is 5.73 Å². The Labute approximate surface area is 111 Å². The molecule has 0 fully saturated rings. The Hall–Kier alpha value is -0.560. The summed E-state index contributed by atoms with van der Waals surface area (Å²) in [6, 6.07) is -1.41. The first-order valence-corrected chi connectivity index (χ1v) is 8.13. The van der Waals surface area contributed by atoms with Crippen LogP contribution in [0.5, 0.6) is 0 Å². The molecule has 100 valence electrons. The second-order valence-electron chi connectivity index (χ2n) is 3.59. The lowest BCUT2D eigenvalue weighted by Crippen LogP contribution is -2.39. The molecule has 5 nitrogen and oxygen atoms in total. The Kier molecular flexibility index (Phi) is 11.5. The van der Waals surface area contributed by atoms with Crippen molar-refractivity contribution in [3.63, 3.8) is 0 Å². The lowest BCUT2D eigenvalue weighted by Gasteiger charge is -2.03. The highest BCUT2D eigenvalue weighted by Crippen LogP contribution is 2.19. The summed E-state index contributed by atoms with van der Waals surface area (Å²) >= 11 is 0. The summed E-state index contributed by atoms with van der Waals surface area (Å²) in [5, 5.41) is 1.92. The van der Waals surface area contributed by atoms with E-state index in [-0.39, 0.29) is 0 Å². The highest BCUT2D eigenvalue weighted by Gasteiger charge is 2.02. The van der Waals surface area contributed by atoms with E-state index in [4.69, 9.17) is 5.73 Å². The van der Waals surface area contributed by atoms with Crippen LogP contribution in [0, 0.1) is 0 Å². The van der Waals surface area contributed by atoms with E-state index in [1.807, 2.05) is 5.32 Å². The fourth-order valence-electron chi connectivity index (χ4n) is 1.19. The molecule has 0 aliphatic heterocycles. The molecule has 0 rings (SSSR count). The summed E-state index contributed by atoms with van der Waals surface area (Å²) in [6.07, 6.45) is 7.57. The maximum atomic E-state index is 10.9. The number of unbranched alkanes of at least 4 members (excludes halogenated alkanes) is 5. The highest BCUT2D eigenvalue weighted by molar-refractivity contribution is 8.76. The number of carbonyl (C=O) groups excluding carboxylic acids is 2. The number of nitrogens with one attached hydrogen (secondary N) is 2. The van der Waals surface area contributed by atoms with E-state index in [1.165, 1.54) is 43.1 Å². The summed E-state index contributed by atoms with van der Waals surface area (Å²) in [5.41, 5.74) is 4.78. The van der Waals surface area contributed by atoms with E-state index >= 15 is 0 Å². The van der Waals surface area contributed by atoms with Gasteiger partial charge in [-0.05, 0) is 6.42 Å². The minimum absolute atomic E-state index is 0.571. The van der Waals surface area contributed by atoms with Gasteiger partial charge in [0.2, 0.25) is 0 Å². The molecule has 0 bridgehead atoms. The standard InChI is InChI=1S/C10H21N3O2S2/c1-2-3-4-5-6-7-8-16-17-13-10(15)12-9(11)14/h2-8H2,1H3,(H4,11,12,13,14,15). The molecule has 0 aromatic carbocycles. The van der Waals surface area contributed by atoms with Gasteiger partial charge >= 0.3 is 12.1 Å². The molecule has 0 heterocycles. The van der Waals surface area contributed by atoms with E-state index in [0.29, 0.717) is 0 Å². The molecule has 4 amide bonds. The minimum Gasteiger partial charge on any atom is -0.351 e. The van der Waals surface area contributed by atoms with Gasteiger partial charge in [0.05, 0.1) is 0 Å². The predicted octanol–water partition coefficient (Wildman–Crippen LogP) is 3.02. The van der Waals surface area contributed by atoms with Gasteiger partial charge in [-0.15, -0.1) is 0 Å². The summed E-state index contributed by atoms with van der Waals surface area (Å²) in [4.78, 5) is 21.2. The Balaban J connectivity index is 3.13. The lowest BCUT2D eigenvalue weighted by molar-refractivity contribution is 0.235. The quantitative estimate of drug-likeness (QED) is 0.344. The van der Waals surface area contributed by atoms with Crippen molar-refractivity contribution in [1.82, 2.24) is 10.0 Å². The lowest BCUT2D eigenvalue weighted by atomic mass is 10.1. The average molecular weight is 279 g/mol. The first-order valence-electron chi connectivity index (χ1n) is 5.81. The van der Waals surface area contributed by atoms with Crippen LogP contribution < -0.4 is 15.8 Å². The third-order valence-corrected chi connectivity index (χ3v) is 3.96. The van der Waals surface area contributed by atoms with Crippen molar-refractivity contribution in [1.29, 1.82) is 0 Å². The summed E-state index contributed by atoms with van der Waals surface area (Å²) in [7, 11) is 2.78. The van der Waals surface area contributed by atoms with Gasteiger partial charge in [0.1, 0.15) is 0 Å². The summed E-state index contributed by atoms with van der Waals surface area (Å²) < 4.78 is 2.45. The predicted molar refractivity (Wildman–Crippen MR) is 74.7 cm³/mol. The van der Waals surface area contributed by atoms with Gasteiger partial charge in [-0.25, -0.2) is 9.59 Å². The Morgan fingerprint density at radius 2 is 1.76 bits per heavy atom. The average Bonchev–Trinajstić information content (AvgIpc) is 2.26. The number of imide groups is 1. The number of urea groups is 2. The van der Waals surface area contributed by atoms with Crippen LogP contribution in [0.25, 0.3) is 0 Å². The van der Waals surface area contributed by atoms with Gasteiger partial charge in [-0.2, -0.15) is 0 Å². The van der Waals surface area contributed by atoms with Crippen LogP contribution in [0.2, 0.25) is 0 Å². The van der Waals surface area contributed by atoms with Crippen molar-refractivity contribution < 1.29 is 9.59 Å². The molecule has 4 N–H and O–H groups in total. The molecule has 0 saturated heterocycles. The smallest absolute Gasteiger partial charge is 0.333 e. The molecule has 0 saturated carbocycles. The molecule has 0 unspecified atom stereocenters. The molecule has 0 aliphatic carbocycles. The summed E-state index contributed by atoms with van der Waals surface area (Å²) in [6.45, 7) is 2.20. The number of carbonyl (C=O) groups is 2. The number of amides is 4. The molecule has 0 aromatic rings. The fourth-order valence-corrected chi connectivity index (χ4v) is 2.79. The molecular weight excluding hydrogens is 258 g/mol. The van der Waals surface area contributed by atoms with Crippen LogP contribution in [0.3, 0.4) is 0 Å². The molecule has 7 heteroatoms.